The van der Waals surface area contributed by atoms with Crippen LogP contribution in [0.4, 0.5) is 17.1 Å². The van der Waals surface area contributed by atoms with Gasteiger partial charge in [-0.15, -0.1) is 0 Å². The molecule has 0 radical (unpaired) electrons. The summed E-state index contributed by atoms with van der Waals surface area (Å²) in [6.45, 7) is 0. The zero-order chi connectivity index (χ0) is 12.3. The number of nitriles is 1. The molecular formula is C13H10BrN3. The summed E-state index contributed by atoms with van der Waals surface area (Å²) in [5, 5.41) is 12.0. The van der Waals surface area contributed by atoms with E-state index >= 15 is 0 Å². The Bertz CT molecular complexity index is 587. The molecule has 0 spiro atoms. The fraction of sp³-hybridized carbons (Fsp3) is 0. The SMILES string of the molecule is N#Cc1ccc(Nc2ccccc2N)c(Br)c1. The lowest BCUT2D eigenvalue weighted by Crippen LogP contribution is -1.96. The van der Waals surface area contributed by atoms with Crippen molar-refractivity contribution in [1.82, 2.24) is 0 Å². The summed E-state index contributed by atoms with van der Waals surface area (Å²) >= 11 is 3.42. The number of benzene rings is 2. The van der Waals surface area contributed by atoms with Gasteiger partial charge in [-0.2, -0.15) is 5.26 Å². The largest absolute Gasteiger partial charge is 0.397 e. The van der Waals surface area contributed by atoms with Crippen LogP contribution in [-0.4, -0.2) is 0 Å². The van der Waals surface area contributed by atoms with Crippen LogP contribution in [-0.2, 0) is 0 Å². The Balaban J connectivity index is 2.32. The summed E-state index contributed by atoms with van der Waals surface area (Å²) in [5.74, 6) is 0. The lowest BCUT2D eigenvalue weighted by atomic mass is 10.2. The number of halogens is 1. The summed E-state index contributed by atoms with van der Waals surface area (Å²) in [7, 11) is 0. The maximum absolute atomic E-state index is 8.78. The predicted molar refractivity (Wildman–Crippen MR) is 73.0 cm³/mol. The van der Waals surface area contributed by atoms with Crippen LogP contribution in [0.2, 0.25) is 0 Å². The molecule has 0 fully saturated rings. The Morgan fingerprint density at radius 2 is 1.88 bits per heavy atom. The smallest absolute Gasteiger partial charge is 0.0992 e. The molecule has 3 nitrogen and oxygen atoms in total. The van der Waals surface area contributed by atoms with Crippen LogP contribution in [0.25, 0.3) is 0 Å². The third-order valence-electron chi connectivity index (χ3n) is 2.33. The number of nitrogens with one attached hydrogen (secondary N) is 1. The van der Waals surface area contributed by atoms with Crippen molar-refractivity contribution in [2.75, 3.05) is 11.1 Å². The van der Waals surface area contributed by atoms with Crippen LogP contribution >= 0.6 is 15.9 Å². The van der Waals surface area contributed by atoms with Gasteiger partial charge in [0, 0.05) is 4.47 Å². The highest BCUT2D eigenvalue weighted by molar-refractivity contribution is 9.10. The van der Waals surface area contributed by atoms with E-state index in [1.54, 1.807) is 12.1 Å². The van der Waals surface area contributed by atoms with Crippen LogP contribution in [0.3, 0.4) is 0 Å². The van der Waals surface area contributed by atoms with E-state index in [1.165, 1.54) is 0 Å². The zero-order valence-corrected chi connectivity index (χ0v) is 10.5. The fourth-order valence-electron chi connectivity index (χ4n) is 1.44. The highest BCUT2D eigenvalue weighted by Gasteiger charge is 2.03. The van der Waals surface area contributed by atoms with Crippen molar-refractivity contribution in [2.24, 2.45) is 0 Å². The molecule has 0 bridgehead atoms. The first-order chi connectivity index (χ1) is 8.20. The summed E-state index contributed by atoms with van der Waals surface area (Å²) in [4.78, 5) is 0. The van der Waals surface area contributed by atoms with Crippen LogP contribution in [0.5, 0.6) is 0 Å². The van der Waals surface area contributed by atoms with Gasteiger partial charge in [-0.3, -0.25) is 0 Å². The van der Waals surface area contributed by atoms with Crippen molar-refractivity contribution < 1.29 is 0 Å². The second kappa shape index (κ2) is 4.89. The van der Waals surface area contributed by atoms with Gasteiger partial charge in [0.2, 0.25) is 0 Å². The maximum Gasteiger partial charge on any atom is 0.0992 e. The first-order valence-corrected chi connectivity index (χ1v) is 5.81. The Hall–Kier alpha value is -1.99. The monoisotopic (exact) mass is 287 g/mol. The van der Waals surface area contributed by atoms with E-state index in [1.807, 2.05) is 30.3 Å². The second-order valence-corrected chi connectivity index (χ2v) is 4.37. The molecule has 4 heteroatoms. The number of nitrogens with zero attached hydrogens (tertiary/aromatic N) is 1. The molecule has 0 saturated heterocycles. The van der Waals surface area contributed by atoms with E-state index in [2.05, 4.69) is 27.3 Å². The molecule has 0 saturated carbocycles. The molecule has 0 heterocycles. The minimum Gasteiger partial charge on any atom is -0.397 e. The molecule has 0 aliphatic heterocycles. The van der Waals surface area contributed by atoms with Gasteiger partial charge in [0.1, 0.15) is 0 Å². The summed E-state index contributed by atoms with van der Waals surface area (Å²) in [6, 6.07) is 15.0. The minimum atomic E-state index is 0.614. The molecule has 0 unspecified atom stereocenters. The first kappa shape index (κ1) is 11.5. The average molecular weight is 288 g/mol. The van der Waals surface area contributed by atoms with Gasteiger partial charge < -0.3 is 11.1 Å². The number of nitrogen functional groups attached to an aromatic ring is 1. The number of rotatable bonds is 2. The summed E-state index contributed by atoms with van der Waals surface area (Å²) < 4.78 is 0.833. The number of para-hydroxylation sites is 2. The third kappa shape index (κ3) is 2.58. The molecule has 0 aliphatic rings. The average Bonchev–Trinajstić information content (AvgIpc) is 2.34. The molecule has 2 aromatic carbocycles. The Labute approximate surface area is 108 Å². The van der Waals surface area contributed by atoms with Crippen molar-refractivity contribution in [3.05, 3.63) is 52.5 Å². The van der Waals surface area contributed by atoms with E-state index in [4.69, 9.17) is 11.0 Å². The molecule has 2 rings (SSSR count). The van der Waals surface area contributed by atoms with Crippen molar-refractivity contribution in [1.29, 1.82) is 5.26 Å². The quantitative estimate of drug-likeness (QED) is 0.829. The van der Waals surface area contributed by atoms with Gasteiger partial charge in [-0.1, -0.05) is 12.1 Å². The molecular weight excluding hydrogens is 278 g/mol. The van der Waals surface area contributed by atoms with E-state index in [-0.39, 0.29) is 0 Å². The van der Waals surface area contributed by atoms with Gasteiger partial charge in [-0.05, 0) is 46.3 Å². The molecule has 0 aromatic heterocycles. The Morgan fingerprint density at radius 1 is 1.12 bits per heavy atom. The van der Waals surface area contributed by atoms with Crippen molar-refractivity contribution in [3.63, 3.8) is 0 Å². The Morgan fingerprint density at radius 3 is 2.53 bits per heavy atom. The van der Waals surface area contributed by atoms with Crippen LogP contribution in [0.1, 0.15) is 5.56 Å². The Kier molecular flexibility index (Phi) is 3.31. The predicted octanol–water partition coefficient (Wildman–Crippen LogP) is 3.65. The number of hydrogen-bond donors (Lipinski definition) is 2. The summed E-state index contributed by atoms with van der Waals surface area (Å²) in [5.41, 5.74) is 8.86. The second-order valence-electron chi connectivity index (χ2n) is 3.52. The van der Waals surface area contributed by atoms with Crippen LogP contribution in [0, 0.1) is 11.3 Å². The molecule has 0 amide bonds. The highest BCUT2D eigenvalue weighted by atomic mass is 79.9. The van der Waals surface area contributed by atoms with E-state index in [0.29, 0.717) is 11.3 Å². The van der Waals surface area contributed by atoms with Crippen molar-refractivity contribution in [3.8, 4) is 6.07 Å². The first-order valence-electron chi connectivity index (χ1n) is 5.02. The van der Waals surface area contributed by atoms with Crippen LogP contribution in [0.15, 0.2) is 46.9 Å². The molecule has 0 aliphatic carbocycles. The highest BCUT2D eigenvalue weighted by Crippen LogP contribution is 2.29. The maximum atomic E-state index is 8.78. The van der Waals surface area contributed by atoms with E-state index < -0.39 is 0 Å². The number of nitrogens with two attached hydrogens (primary N) is 1. The summed E-state index contributed by atoms with van der Waals surface area (Å²) in [6.07, 6.45) is 0. The zero-order valence-electron chi connectivity index (χ0n) is 8.94. The number of hydrogen-bond acceptors (Lipinski definition) is 3. The van der Waals surface area contributed by atoms with E-state index in [9.17, 15) is 0 Å². The minimum absolute atomic E-state index is 0.614. The standard InChI is InChI=1S/C13H10BrN3/c14-10-7-9(8-15)5-6-12(10)17-13-4-2-1-3-11(13)16/h1-7,17H,16H2. The van der Waals surface area contributed by atoms with Gasteiger partial charge in [0.25, 0.3) is 0 Å². The van der Waals surface area contributed by atoms with Gasteiger partial charge in [-0.25, -0.2) is 0 Å². The molecule has 84 valence electrons. The number of anilines is 3. The van der Waals surface area contributed by atoms with E-state index in [0.717, 1.165) is 15.8 Å². The molecule has 17 heavy (non-hydrogen) atoms. The fourth-order valence-corrected chi connectivity index (χ4v) is 1.92. The van der Waals surface area contributed by atoms with Gasteiger partial charge >= 0.3 is 0 Å². The lowest BCUT2D eigenvalue weighted by molar-refractivity contribution is 1.46. The van der Waals surface area contributed by atoms with Crippen molar-refractivity contribution >= 4 is 33.0 Å². The normalized spacial score (nSPS) is 9.65. The third-order valence-corrected chi connectivity index (χ3v) is 2.98. The van der Waals surface area contributed by atoms with Gasteiger partial charge in [0.05, 0.1) is 28.7 Å². The van der Waals surface area contributed by atoms with Crippen LogP contribution < -0.4 is 11.1 Å². The lowest BCUT2D eigenvalue weighted by Gasteiger charge is -2.10. The van der Waals surface area contributed by atoms with Gasteiger partial charge in [0.15, 0.2) is 0 Å². The topological polar surface area (TPSA) is 61.8 Å². The molecule has 0 atom stereocenters. The molecule has 2 aromatic rings. The molecule has 3 N–H and O–H groups in total. The van der Waals surface area contributed by atoms with Crippen molar-refractivity contribution in [2.45, 2.75) is 0 Å².